The van der Waals surface area contributed by atoms with Crippen molar-refractivity contribution in [1.82, 2.24) is 4.90 Å². The van der Waals surface area contributed by atoms with E-state index in [4.69, 9.17) is 9.84 Å². The standard InChI is InChI=1S/C31H33NO6/c1-17-15-25(34)24-16-23-21(26(28(24)29(17)35)18-7-9-20(10-8-18)38-14-13-33)11-12-22-27(23)31(37)32(30(22)36)19-5-3-2-4-6-19/h7-11,15,19,22-23,26-27,33H,2-6,12-14,16H2,1H3/t22-,23+,26-,27-/m0/s1. The second-order valence-corrected chi connectivity index (χ2v) is 11.2. The maximum absolute atomic E-state index is 13.9. The first kappa shape index (κ1) is 25.0. The minimum atomic E-state index is -0.497. The maximum atomic E-state index is 13.9. The van der Waals surface area contributed by atoms with Gasteiger partial charge in [-0.25, -0.2) is 0 Å². The van der Waals surface area contributed by atoms with Gasteiger partial charge in [0.05, 0.1) is 18.4 Å². The highest BCUT2D eigenvalue weighted by Crippen LogP contribution is 2.55. The van der Waals surface area contributed by atoms with E-state index in [1.165, 1.54) is 6.08 Å². The van der Waals surface area contributed by atoms with E-state index < -0.39 is 17.8 Å². The maximum Gasteiger partial charge on any atom is 0.233 e. The number of nitrogens with zero attached hydrogens (tertiary/aromatic N) is 1. The van der Waals surface area contributed by atoms with Crippen LogP contribution in [0.15, 0.2) is 58.7 Å². The Morgan fingerprint density at radius 3 is 2.42 bits per heavy atom. The molecule has 1 aliphatic heterocycles. The first-order valence-corrected chi connectivity index (χ1v) is 13.8. The zero-order valence-electron chi connectivity index (χ0n) is 21.7. The molecular formula is C31H33NO6. The van der Waals surface area contributed by atoms with Gasteiger partial charge in [0.25, 0.3) is 0 Å². The van der Waals surface area contributed by atoms with Crippen LogP contribution < -0.4 is 4.74 Å². The molecule has 2 amide bonds. The van der Waals surface area contributed by atoms with Gasteiger partial charge in [0.1, 0.15) is 12.4 Å². The van der Waals surface area contributed by atoms with E-state index in [-0.39, 0.29) is 48.6 Å². The molecular weight excluding hydrogens is 482 g/mol. The molecule has 6 rings (SSSR count). The predicted octanol–water partition coefficient (Wildman–Crippen LogP) is 3.82. The fraction of sp³-hybridized carbons (Fsp3) is 0.484. The van der Waals surface area contributed by atoms with Crippen LogP contribution in [0.1, 0.15) is 63.4 Å². The lowest BCUT2D eigenvalue weighted by Crippen LogP contribution is -2.43. The summed E-state index contributed by atoms with van der Waals surface area (Å²) in [6.07, 6.45) is 9.18. The molecule has 4 atom stereocenters. The van der Waals surface area contributed by atoms with E-state index in [1.54, 1.807) is 24.0 Å². The Hall–Kier alpha value is -3.32. The van der Waals surface area contributed by atoms with Crippen LogP contribution in [0, 0.1) is 17.8 Å². The van der Waals surface area contributed by atoms with Crippen LogP contribution in [0.3, 0.4) is 0 Å². The number of ether oxygens (including phenoxy) is 1. The van der Waals surface area contributed by atoms with Crippen LogP contribution in [0.2, 0.25) is 0 Å². The van der Waals surface area contributed by atoms with Crippen molar-refractivity contribution in [3.8, 4) is 5.75 Å². The first-order valence-electron chi connectivity index (χ1n) is 13.8. The lowest BCUT2D eigenvalue weighted by atomic mass is 9.59. The van der Waals surface area contributed by atoms with E-state index in [0.717, 1.165) is 43.2 Å². The van der Waals surface area contributed by atoms with Crippen LogP contribution >= 0.6 is 0 Å². The summed E-state index contributed by atoms with van der Waals surface area (Å²) in [7, 11) is 0. The molecule has 1 aromatic rings. The molecule has 4 aliphatic carbocycles. The van der Waals surface area contributed by atoms with Gasteiger partial charge in [0.2, 0.25) is 11.8 Å². The third-order valence-electron chi connectivity index (χ3n) is 9.11. The monoisotopic (exact) mass is 515 g/mol. The van der Waals surface area contributed by atoms with Crippen molar-refractivity contribution in [2.45, 2.75) is 63.8 Å². The average molecular weight is 516 g/mol. The van der Waals surface area contributed by atoms with Gasteiger partial charge in [-0.05, 0) is 62.3 Å². The second-order valence-electron chi connectivity index (χ2n) is 11.2. The van der Waals surface area contributed by atoms with Gasteiger partial charge in [-0.2, -0.15) is 0 Å². The minimum Gasteiger partial charge on any atom is -0.491 e. The highest BCUT2D eigenvalue weighted by Gasteiger charge is 2.57. The van der Waals surface area contributed by atoms with Gasteiger partial charge in [-0.3, -0.25) is 24.1 Å². The Morgan fingerprint density at radius 2 is 1.71 bits per heavy atom. The molecule has 1 saturated carbocycles. The largest absolute Gasteiger partial charge is 0.491 e. The molecule has 1 aromatic carbocycles. The van der Waals surface area contributed by atoms with Crippen molar-refractivity contribution in [3.63, 3.8) is 0 Å². The highest BCUT2D eigenvalue weighted by atomic mass is 16.5. The van der Waals surface area contributed by atoms with Crippen molar-refractivity contribution in [2.75, 3.05) is 13.2 Å². The van der Waals surface area contributed by atoms with E-state index in [1.807, 2.05) is 12.1 Å². The predicted molar refractivity (Wildman–Crippen MR) is 139 cm³/mol. The van der Waals surface area contributed by atoms with Gasteiger partial charge >= 0.3 is 0 Å². The molecule has 2 fully saturated rings. The topological polar surface area (TPSA) is 101 Å². The molecule has 5 aliphatic rings. The number of rotatable bonds is 5. The molecule has 0 spiro atoms. The Balaban J connectivity index is 1.41. The number of amides is 2. The summed E-state index contributed by atoms with van der Waals surface area (Å²) in [5, 5.41) is 9.07. The third kappa shape index (κ3) is 3.90. The van der Waals surface area contributed by atoms with Crippen molar-refractivity contribution in [2.24, 2.45) is 17.8 Å². The number of Topliss-reactive ketones (excluding diaryl/α,β-unsaturated/α-hetero) is 1. The Labute approximate surface area is 222 Å². The molecule has 0 radical (unpaired) electrons. The van der Waals surface area contributed by atoms with Crippen LogP contribution in [0.25, 0.3) is 0 Å². The Bertz CT molecular complexity index is 1300. The van der Waals surface area contributed by atoms with Crippen LogP contribution in [0.4, 0.5) is 0 Å². The van der Waals surface area contributed by atoms with E-state index in [9.17, 15) is 19.2 Å². The number of likely N-dealkylation sites (tertiary alicyclic amines) is 1. The quantitative estimate of drug-likeness (QED) is 0.364. The van der Waals surface area contributed by atoms with Crippen molar-refractivity contribution in [3.05, 3.63) is 64.3 Å². The third-order valence-corrected chi connectivity index (χ3v) is 9.11. The molecule has 1 N–H and O–H groups in total. The van der Waals surface area contributed by atoms with Gasteiger partial charge < -0.3 is 9.84 Å². The lowest BCUT2D eigenvalue weighted by molar-refractivity contribution is -0.143. The SMILES string of the molecule is CC1=CC(=O)C2=C(C1=O)[C@@H](c1ccc(OCCO)cc1)C1=CC[C@@H]3C(=O)N(C4CCCCC4)C(=O)[C@@H]3[C@@H]1C2. The van der Waals surface area contributed by atoms with Crippen LogP contribution in [0.5, 0.6) is 5.75 Å². The molecule has 1 heterocycles. The Morgan fingerprint density at radius 1 is 0.974 bits per heavy atom. The summed E-state index contributed by atoms with van der Waals surface area (Å²) in [5.74, 6) is -1.52. The summed E-state index contributed by atoms with van der Waals surface area (Å²) >= 11 is 0. The fourth-order valence-electron chi connectivity index (χ4n) is 7.38. The molecule has 1 saturated heterocycles. The normalized spacial score (nSPS) is 29.6. The van der Waals surface area contributed by atoms with Crippen molar-refractivity contribution >= 4 is 23.4 Å². The highest BCUT2D eigenvalue weighted by molar-refractivity contribution is 6.23. The van der Waals surface area contributed by atoms with Crippen LogP contribution in [-0.2, 0) is 19.2 Å². The Kier molecular flexibility index (Phi) is 6.42. The number of carbonyl (C=O) groups excluding carboxylic acids is 4. The number of aliphatic hydroxyl groups is 1. The summed E-state index contributed by atoms with van der Waals surface area (Å²) < 4.78 is 5.52. The smallest absolute Gasteiger partial charge is 0.233 e. The van der Waals surface area contributed by atoms with Gasteiger partial charge in [-0.1, -0.05) is 43.0 Å². The number of imide groups is 1. The number of hydrogen-bond acceptors (Lipinski definition) is 6. The molecule has 0 bridgehead atoms. The summed E-state index contributed by atoms with van der Waals surface area (Å²) in [4.78, 5) is 55.8. The first-order chi connectivity index (χ1) is 18.4. The zero-order chi connectivity index (χ0) is 26.6. The summed E-state index contributed by atoms with van der Waals surface area (Å²) in [6, 6.07) is 7.35. The van der Waals surface area contributed by atoms with E-state index in [2.05, 4.69) is 6.08 Å². The van der Waals surface area contributed by atoms with Gasteiger partial charge in [0, 0.05) is 28.7 Å². The average Bonchev–Trinajstić information content (AvgIpc) is 3.20. The fourth-order valence-corrected chi connectivity index (χ4v) is 7.38. The second kappa shape index (κ2) is 9.77. The molecule has 0 aromatic heterocycles. The number of allylic oxidation sites excluding steroid dienone is 6. The number of carbonyl (C=O) groups is 4. The molecule has 7 heteroatoms. The zero-order valence-corrected chi connectivity index (χ0v) is 21.7. The van der Waals surface area contributed by atoms with Crippen molar-refractivity contribution in [1.29, 1.82) is 0 Å². The number of fused-ring (bicyclic) bond motifs is 3. The van der Waals surface area contributed by atoms with E-state index >= 15 is 0 Å². The summed E-state index contributed by atoms with van der Waals surface area (Å²) in [6.45, 7) is 1.76. The number of ketones is 2. The lowest BCUT2D eigenvalue weighted by Gasteiger charge is -2.42. The molecule has 38 heavy (non-hydrogen) atoms. The summed E-state index contributed by atoms with van der Waals surface area (Å²) in [5.41, 5.74) is 3.22. The minimum absolute atomic E-state index is 0.0260. The number of aliphatic hydroxyl groups excluding tert-OH is 1. The number of hydrogen-bond donors (Lipinski definition) is 1. The van der Waals surface area contributed by atoms with Crippen LogP contribution in [-0.4, -0.2) is 52.6 Å². The number of benzene rings is 1. The van der Waals surface area contributed by atoms with E-state index in [0.29, 0.717) is 35.3 Å². The molecule has 198 valence electrons. The van der Waals surface area contributed by atoms with Crippen molar-refractivity contribution < 1.29 is 29.0 Å². The molecule has 0 unspecified atom stereocenters. The van der Waals surface area contributed by atoms with Gasteiger partial charge in [-0.15, -0.1) is 0 Å². The molecule has 7 nitrogen and oxygen atoms in total. The van der Waals surface area contributed by atoms with Gasteiger partial charge in [0.15, 0.2) is 11.6 Å².